The van der Waals surface area contributed by atoms with E-state index in [2.05, 4.69) is 215 Å². The molecule has 12 rings (SSSR count). The van der Waals surface area contributed by atoms with Gasteiger partial charge in [0.25, 0.3) is 0 Å². The van der Waals surface area contributed by atoms with Gasteiger partial charge in [-0.3, -0.25) is 4.98 Å². The average Bonchev–Trinajstić information content (AvgIpc) is 4.14. The monoisotopic (exact) mass is 1200 g/mol. The minimum atomic E-state index is 0. The first-order chi connectivity index (χ1) is 36.7. The fourth-order valence-electron chi connectivity index (χ4n) is 10.5. The van der Waals surface area contributed by atoms with E-state index in [0.29, 0.717) is 11.3 Å². The Kier molecular flexibility index (Phi) is 14.3. The summed E-state index contributed by atoms with van der Waals surface area (Å²) < 4.78 is 15.3. The molecule has 0 saturated carbocycles. The summed E-state index contributed by atoms with van der Waals surface area (Å²) in [5.41, 5.74) is 21.3. The smallest absolute Gasteiger partial charge is 0.216 e. The summed E-state index contributed by atoms with van der Waals surface area (Å²) >= 11 is 0. The van der Waals surface area contributed by atoms with E-state index in [1.54, 1.807) is 0 Å². The van der Waals surface area contributed by atoms with Crippen molar-refractivity contribution in [1.82, 2.24) is 19.5 Å². The fourth-order valence-corrected chi connectivity index (χ4v) is 10.5. The van der Waals surface area contributed by atoms with Crippen LogP contribution in [0.25, 0.3) is 106 Å². The average molecular weight is 1200 g/mol. The second-order valence-electron chi connectivity index (χ2n) is 24.4. The van der Waals surface area contributed by atoms with Crippen molar-refractivity contribution in [1.29, 1.82) is 0 Å². The molecule has 0 aliphatic heterocycles. The first-order valence-corrected chi connectivity index (χ1v) is 27.1. The van der Waals surface area contributed by atoms with Crippen molar-refractivity contribution in [3.63, 3.8) is 0 Å². The second kappa shape index (κ2) is 20.7. The first-order valence-electron chi connectivity index (χ1n) is 27.1. The third-order valence-electron chi connectivity index (χ3n) is 15.0. The SMILES string of the molecule is CC(C)(C)c1ccnc(-c2[c-]cccc2)c1.CC(C)c1cc(-c2ccc(-c3cc(C(C)(C)C)cc(C(C)(C)C)c3)cc2)cc(C(C)C)c1-n1c(-c2[c-]ccc3c2oc2nc4c(cc23)oc2ccccc24)nc2ccccc21.[Ir]. The van der Waals surface area contributed by atoms with Gasteiger partial charge in [-0.2, -0.15) is 0 Å². The van der Waals surface area contributed by atoms with Gasteiger partial charge in [-0.05, 0) is 132 Å². The Hall–Kier alpha value is -7.44. The van der Waals surface area contributed by atoms with Gasteiger partial charge in [-0.1, -0.05) is 174 Å². The molecule has 0 N–H and O–H groups in total. The Morgan fingerprint density at radius 2 is 1.12 bits per heavy atom. The molecule has 0 saturated heterocycles. The number of rotatable bonds is 7. The van der Waals surface area contributed by atoms with Crippen molar-refractivity contribution in [3.05, 3.63) is 204 Å². The van der Waals surface area contributed by atoms with E-state index in [-0.39, 0.29) is 48.2 Å². The van der Waals surface area contributed by atoms with Crippen LogP contribution in [-0.4, -0.2) is 19.5 Å². The molecule has 0 atom stereocenters. The number of para-hydroxylation sites is 3. The molecule has 0 fully saturated rings. The van der Waals surface area contributed by atoms with Gasteiger partial charge in [0.05, 0.1) is 22.4 Å². The van der Waals surface area contributed by atoms with E-state index in [4.69, 9.17) is 18.8 Å². The van der Waals surface area contributed by atoms with Gasteiger partial charge < -0.3 is 18.4 Å². The second-order valence-corrected chi connectivity index (χ2v) is 24.4. The molecule has 0 amide bonds. The number of nitrogens with zero attached hydrogens (tertiary/aromatic N) is 4. The maximum absolute atomic E-state index is 6.73. The largest absolute Gasteiger partial charge is 0.486 e. The zero-order valence-corrected chi connectivity index (χ0v) is 49.6. The maximum atomic E-state index is 6.73. The number of imidazole rings is 1. The number of pyridine rings is 2. The van der Waals surface area contributed by atoms with Crippen LogP contribution in [0, 0.1) is 12.1 Å². The summed E-state index contributed by atoms with van der Waals surface area (Å²) in [5, 5.41) is 2.82. The molecule has 5 heterocycles. The molecule has 7 heteroatoms. The molecule has 0 aliphatic carbocycles. The molecule has 6 nitrogen and oxygen atoms in total. The molecule has 0 spiro atoms. The van der Waals surface area contributed by atoms with Gasteiger partial charge in [0.15, 0.2) is 5.58 Å². The van der Waals surface area contributed by atoms with E-state index in [1.807, 2.05) is 60.8 Å². The molecule has 12 aromatic rings. The summed E-state index contributed by atoms with van der Waals surface area (Å²) in [7, 11) is 0. The van der Waals surface area contributed by atoms with E-state index in [1.165, 1.54) is 50.1 Å². The van der Waals surface area contributed by atoms with E-state index >= 15 is 0 Å². The molecule has 395 valence electrons. The van der Waals surface area contributed by atoms with Crippen molar-refractivity contribution in [2.45, 2.75) is 118 Å². The Morgan fingerprint density at radius 1 is 0.500 bits per heavy atom. The van der Waals surface area contributed by atoms with Gasteiger partial charge in [0.2, 0.25) is 5.71 Å². The summed E-state index contributed by atoms with van der Waals surface area (Å²) in [6.45, 7) is 29.6. The van der Waals surface area contributed by atoms with Crippen LogP contribution in [0.3, 0.4) is 0 Å². The predicted octanol–water partition coefficient (Wildman–Crippen LogP) is 19.7. The molecule has 0 bridgehead atoms. The van der Waals surface area contributed by atoms with Crippen molar-refractivity contribution >= 4 is 55.2 Å². The molecule has 0 aliphatic rings. The molecular formula is C71H68IrN4O2-2. The zero-order chi connectivity index (χ0) is 54.1. The van der Waals surface area contributed by atoms with E-state index in [9.17, 15) is 0 Å². The van der Waals surface area contributed by atoms with Crippen LogP contribution in [0.2, 0.25) is 0 Å². The zero-order valence-electron chi connectivity index (χ0n) is 47.2. The number of furan rings is 2. The molecule has 5 aromatic heterocycles. The number of benzene rings is 7. The van der Waals surface area contributed by atoms with Crippen LogP contribution in [0.4, 0.5) is 0 Å². The normalized spacial score (nSPS) is 12.3. The summed E-state index contributed by atoms with van der Waals surface area (Å²) in [5.74, 6) is 1.22. The number of fused-ring (bicyclic) bond motifs is 7. The Labute approximate surface area is 473 Å². The quantitative estimate of drug-likeness (QED) is 0.149. The van der Waals surface area contributed by atoms with Crippen LogP contribution in [0.1, 0.15) is 130 Å². The van der Waals surface area contributed by atoms with Crippen LogP contribution < -0.4 is 0 Å². The van der Waals surface area contributed by atoms with Crippen molar-refractivity contribution in [3.8, 4) is 50.6 Å². The van der Waals surface area contributed by atoms with E-state index < -0.39 is 0 Å². The minimum absolute atomic E-state index is 0. The number of hydrogen-bond donors (Lipinski definition) is 0. The van der Waals surface area contributed by atoms with Gasteiger partial charge in [0.1, 0.15) is 11.1 Å². The Balaban J connectivity index is 0.000000347. The molecule has 7 aromatic carbocycles. The minimum Gasteiger partial charge on any atom is -0.486 e. The van der Waals surface area contributed by atoms with Gasteiger partial charge in [0, 0.05) is 42.8 Å². The van der Waals surface area contributed by atoms with Crippen molar-refractivity contribution in [2.75, 3.05) is 0 Å². The molecular weight excluding hydrogens is 1130 g/mol. The predicted molar refractivity (Wildman–Crippen MR) is 321 cm³/mol. The van der Waals surface area contributed by atoms with Gasteiger partial charge >= 0.3 is 0 Å². The first kappa shape index (κ1) is 53.9. The maximum Gasteiger partial charge on any atom is 0.216 e. The Morgan fingerprint density at radius 3 is 1.74 bits per heavy atom. The molecule has 0 unspecified atom stereocenters. The van der Waals surface area contributed by atoms with Crippen LogP contribution in [0.5, 0.6) is 0 Å². The van der Waals surface area contributed by atoms with Gasteiger partial charge in [-0.25, -0.2) is 4.98 Å². The van der Waals surface area contributed by atoms with Crippen LogP contribution in [0.15, 0.2) is 173 Å². The summed E-state index contributed by atoms with van der Waals surface area (Å²) in [6, 6.07) is 62.5. The van der Waals surface area contributed by atoms with Gasteiger partial charge in [-0.15, -0.1) is 54.1 Å². The summed E-state index contributed by atoms with van der Waals surface area (Å²) in [6.07, 6.45) is 1.87. The van der Waals surface area contributed by atoms with Crippen LogP contribution in [-0.2, 0) is 36.4 Å². The third-order valence-corrected chi connectivity index (χ3v) is 15.0. The standard InChI is InChI=1S/C56H52N3O2.C15H16N.Ir/c1-32(2)43-28-37(35-24-22-34(23-25-35)36-26-38(55(5,6)7)30-39(27-36)56(8,9)10)29-44(33(3)4)51(43)59-47-20-13-12-19-46(47)57-53(59)42-18-15-17-40-45-31-49-50(58-54(45)61-52(40)42)41-16-11-14-21-48(41)60-49;1-15(2,3)13-9-10-16-14(11-13)12-7-5-4-6-8-12;/h11-17,19-33H,1-10H3;4-7,9-11H,1-3H3;/q2*-1;. The van der Waals surface area contributed by atoms with Crippen molar-refractivity contribution in [2.24, 2.45) is 0 Å². The molecule has 1 radical (unpaired) electrons. The Bertz CT molecular complexity index is 4090. The molecule has 78 heavy (non-hydrogen) atoms. The fraction of sp³-hybridized carbons (Fsp3) is 0.254. The number of hydrogen-bond acceptors (Lipinski definition) is 5. The van der Waals surface area contributed by atoms with E-state index in [0.717, 1.165) is 72.2 Å². The summed E-state index contributed by atoms with van der Waals surface area (Å²) in [4.78, 5) is 14.8. The van der Waals surface area contributed by atoms with Crippen molar-refractivity contribution < 1.29 is 28.9 Å². The number of aromatic nitrogens is 4. The topological polar surface area (TPSA) is 69.9 Å². The third kappa shape index (κ3) is 10.3. The van der Waals surface area contributed by atoms with Crippen LogP contribution >= 0.6 is 0 Å².